The van der Waals surface area contributed by atoms with E-state index in [1.165, 1.54) is 0 Å². The monoisotopic (exact) mass is 407 g/mol. The molecule has 0 radical (unpaired) electrons. The van der Waals surface area contributed by atoms with E-state index in [-0.39, 0.29) is 18.6 Å². The van der Waals surface area contributed by atoms with Crippen LogP contribution in [-0.4, -0.2) is 54.5 Å². The van der Waals surface area contributed by atoms with E-state index < -0.39 is 0 Å². The molecule has 1 fully saturated rings. The second-order valence-electron chi connectivity index (χ2n) is 7.18. The molecule has 7 heteroatoms. The maximum absolute atomic E-state index is 12.5. The fourth-order valence-electron chi connectivity index (χ4n) is 3.63. The molecule has 0 spiro atoms. The van der Waals surface area contributed by atoms with E-state index >= 15 is 0 Å². The van der Waals surface area contributed by atoms with Crippen molar-refractivity contribution in [2.45, 2.75) is 18.9 Å². The Kier molecular flexibility index (Phi) is 6.51. The molecular weight excluding hydrogens is 382 g/mol. The second-order valence-corrected chi connectivity index (χ2v) is 7.18. The van der Waals surface area contributed by atoms with Crippen molar-refractivity contribution in [1.29, 1.82) is 0 Å². The van der Waals surface area contributed by atoms with Gasteiger partial charge in [-0.1, -0.05) is 42.5 Å². The third-order valence-corrected chi connectivity index (χ3v) is 5.20. The molecule has 7 nitrogen and oxygen atoms in total. The van der Waals surface area contributed by atoms with E-state index in [0.29, 0.717) is 31.5 Å². The Morgan fingerprint density at radius 2 is 1.77 bits per heavy atom. The fourth-order valence-corrected chi connectivity index (χ4v) is 3.63. The number of ether oxygens (including phenoxy) is 2. The molecule has 4 rings (SSSR count). The molecule has 0 N–H and O–H groups in total. The number of benzene rings is 2. The number of methoxy groups -OCH3 is 1. The van der Waals surface area contributed by atoms with E-state index in [1.807, 2.05) is 42.5 Å². The van der Waals surface area contributed by atoms with Crippen molar-refractivity contribution in [3.05, 3.63) is 60.5 Å². The van der Waals surface area contributed by atoms with Crippen LogP contribution in [0, 0.1) is 0 Å². The summed E-state index contributed by atoms with van der Waals surface area (Å²) >= 11 is 0. The lowest BCUT2D eigenvalue weighted by Gasteiger charge is -2.21. The predicted octanol–water partition coefficient (Wildman–Crippen LogP) is 3.73. The van der Waals surface area contributed by atoms with Gasteiger partial charge in [-0.2, -0.15) is 0 Å². The third-order valence-electron chi connectivity index (χ3n) is 5.20. The molecule has 1 saturated heterocycles. The fraction of sp³-hybridized carbons (Fsp3) is 0.348. The second kappa shape index (κ2) is 9.65. The van der Waals surface area contributed by atoms with Crippen LogP contribution in [0.3, 0.4) is 0 Å². The van der Waals surface area contributed by atoms with E-state index in [0.717, 1.165) is 29.5 Å². The van der Waals surface area contributed by atoms with Gasteiger partial charge in [-0.3, -0.25) is 4.79 Å². The van der Waals surface area contributed by atoms with Crippen LogP contribution in [-0.2, 0) is 14.3 Å². The van der Waals surface area contributed by atoms with Crippen LogP contribution in [0.1, 0.15) is 24.8 Å². The van der Waals surface area contributed by atoms with E-state index in [9.17, 15) is 4.79 Å². The van der Waals surface area contributed by atoms with Crippen LogP contribution >= 0.6 is 0 Å². The van der Waals surface area contributed by atoms with Gasteiger partial charge in [-0.25, -0.2) is 0 Å². The molecule has 1 unspecified atom stereocenters. The smallest absolute Gasteiger partial charge is 0.249 e. The first-order chi connectivity index (χ1) is 14.8. The lowest BCUT2D eigenvalue weighted by atomic mass is 10.0. The number of likely N-dealkylation sites (tertiary alicyclic amines) is 1. The van der Waals surface area contributed by atoms with Gasteiger partial charge in [0.25, 0.3) is 0 Å². The SMILES string of the molecule is COCCOCC(=O)N1CCCC1c1nnc(-c2ccc(-c3ccccc3)cc2)o1. The van der Waals surface area contributed by atoms with Crippen LogP contribution in [0.5, 0.6) is 0 Å². The normalized spacial score (nSPS) is 16.2. The van der Waals surface area contributed by atoms with E-state index in [1.54, 1.807) is 12.0 Å². The average molecular weight is 407 g/mol. The number of amides is 1. The van der Waals surface area contributed by atoms with Gasteiger partial charge in [0.1, 0.15) is 12.6 Å². The molecule has 1 amide bonds. The molecule has 1 atom stereocenters. The Labute approximate surface area is 175 Å². The number of carbonyl (C=O) groups excluding carboxylic acids is 1. The Hall–Kier alpha value is -3.03. The highest BCUT2D eigenvalue weighted by Gasteiger charge is 2.33. The van der Waals surface area contributed by atoms with Gasteiger partial charge in [0, 0.05) is 19.2 Å². The molecule has 2 aromatic carbocycles. The van der Waals surface area contributed by atoms with Gasteiger partial charge in [0.05, 0.1) is 13.2 Å². The highest BCUT2D eigenvalue weighted by Crippen LogP contribution is 2.33. The lowest BCUT2D eigenvalue weighted by Crippen LogP contribution is -2.34. The number of hydrogen-bond acceptors (Lipinski definition) is 6. The van der Waals surface area contributed by atoms with E-state index in [4.69, 9.17) is 13.9 Å². The minimum absolute atomic E-state index is 0.0296. The van der Waals surface area contributed by atoms with Gasteiger partial charge in [0.2, 0.25) is 17.7 Å². The van der Waals surface area contributed by atoms with Gasteiger partial charge < -0.3 is 18.8 Å². The van der Waals surface area contributed by atoms with Crippen LogP contribution in [0.2, 0.25) is 0 Å². The van der Waals surface area contributed by atoms with Crippen LogP contribution in [0.15, 0.2) is 59.0 Å². The third kappa shape index (κ3) is 4.58. The summed E-state index contributed by atoms with van der Waals surface area (Å²) in [6.07, 6.45) is 1.70. The van der Waals surface area contributed by atoms with Gasteiger partial charge >= 0.3 is 0 Å². The summed E-state index contributed by atoms with van der Waals surface area (Å²) < 4.78 is 16.3. The van der Waals surface area contributed by atoms with Crippen molar-refractivity contribution < 1.29 is 18.7 Å². The van der Waals surface area contributed by atoms with Crippen molar-refractivity contribution in [1.82, 2.24) is 15.1 Å². The van der Waals surface area contributed by atoms with Crippen molar-refractivity contribution in [3.8, 4) is 22.6 Å². The van der Waals surface area contributed by atoms with Crippen molar-refractivity contribution in [3.63, 3.8) is 0 Å². The molecule has 1 aliphatic rings. The first kappa shape index (κ1) is 20.3. The quantitative estimate of drug-likeness (QED) is 0.530. The first-order valence-corrected chi connectivity index (χ1v) is 10.1. The summed E-state index contributed by atoms with van der Waals surface area (Å²) in [5.74, 6) is 0.862. The summed E-state index contributed by atoms with van der Waals surface area (Å²) in [6, 6.07) is 18.0. The van der Waals surface area contributed by atoms with Gasteiger partial charge in [-0.15, -0.1) is 10.2 Å². The summed E-state index contributed by atoms with van der Waals surface area (Å²) in [7, 11) is 1.60. The molecule has 0 saturated carbocycles. The Morgan fingerprint density at radius 1 is 1.03 bits per heavy atom. The number of nitrogens with zero attached hydrogens (tertiary/aromatic N) is 3. The number of carbonyl (C=O) groups is 1. The summed E-state index contributed by atoms with van der Waals surface area (Å²) in [6.45, 7) is 1.56. The van der Waals surface area contributed by atoms with Crippen molar-refractivity contribution in [2.75, 3.05) is 33.5 Å². The molecule has 2 heterocycles. The zero-order valence-electron chi connectivity index (χ0n) is 17.0. The zero-order valence-corrected chi connectivity index (χ0v) is 17.0. The molecule has 0 aliphatic carbocycles. The predicted molar refractivity (Wildman–Crippen MR) is 112 cm³/mol. The largest absolute Gasteiger partial charge is 0.418 e. The standard InChI is InChI=1S/C23H25N3O4/c1-28-14-15-29-16-21(27)26-13-5-8-20(26)23-25-24-22(30-23)19-11-9-18(10-12-19)17-6-3-2-4-7-17/h2-4,6-7,9-12,20H,5,8,13-16H2,1H3. The minimum Gasteiger partial charge on any atom is -0.418 e. The van der Waals surface area contributed by atoms with Gasteiger partial charge in [0.15, 0.2) is 0 Å². The van der Waals surface area contributed by atoms with Gasteiger partial charge in [-0.05, 0) is 36.1 Å². The molecule has 1 aliphatic heterocycles. The molecule has 1 aromatic heterocycles. The maximum atomic E-state index is 12.5. The minimum atomic E-state index is -0.201. The van der Waals surface area contributed by atoms with Crippen LogP contribution in [0.25, 0.3) is 22.6 Å². The topological polar surface area (TPSA) is 77.7 Å². The molecule has 3 aromatic rings. The highest BCUT2D eigenvalue weighted by molar-refractivity contribution is 5.78. The highest BCUT2D eigenvalue weighted by atomic mass is 16.5. The number of hydrogen-bond donors (Lipinski definition) is 0. The van der Waals surface area contributed by atoms with E-state index in [2.05, 4.69) is 22.3 Å². The lowest BCUT2D eigenvalue weighted by molar-refractivity contribution is -0.137. The molecule has 156 valence electrons. The summed E-state index contributed by atoms with van der Waals surface area (Å²) in [5, 5.41) is 8.44. The summed E-state index contributed by atoms with van der Waals surface area (Å²) in [4.78, 5) is 14.3. The number of rotatable bonds is 8. The summed E-state index contributed by atoms with van der Waals surface area (Å²) in [5.41, 5.74) is 3.13. The first-order valence-electron chi connectivity index (χ1n) is 10.1. The Morgan fingerprint density at radius 3 is 2.53 bits per heavy atom. The Balaban J connectivity index is 1.43. The van der Waals surface area contributed by atoms with Crippen molar-refractivity contribution >= 4 is 5.91 Å². The molecule has 30 heavy (non-hydrogen) atoms. The van der Waals surface area contributed by atoms with Crippen molar-refractivity contribution in [2.24, 2.45) is 0 Å². The Bertz CT molecular complexity index is 956. The number of aromatic nitrogens is 2. The molecule has 0 bridgehead atoms. The van der Waals surface area contributed by atoms with Crippen LogP contribution in [0.4, 0.5) is 0 Å². The zero-order chi connectivity index (χ0) is 20.8. The average Bonchev–Trinajstić information content (AvgIpc) is 3.47. The maximum Gasteiger partial charge on any atom is 0.249 e. The molecular formula is C23H25N3O4. The van der Waals surface area contributed by atoms with Crippen LogP contribution < -0.4 is 0 Å².